The molecule has 0 saturated carbocycles. The molecule has 0 bridgehead atoms. The van der Waals surface area contributed by atoms with Crippen LogP contribution in [0.1, 0.15) is 22.1 Å². The monoisotopic (exact) mass is 311 g/mol. The smallest absolute Gasteiger partial charge is 0.344 e. The lowest BCUT2D eigenvalue weighted by Gasteiger charge is -2.08. The van der Waals surface area contributed by atoms with E-state index in [1.165, 1.54) is 6.20 Å². The van der Waals surface area contributed by atoms with Gasteiger partial charge in [-0.15, -0.1) is 0 Å². The molecule has 0 unspecified atom stereocenters. The molecule has 7 heteroatoms. The summed E-state index contributed by atoms with van der Waals surface area (Å²) in [7, 11) is 0. The molecule has 0 fully saturated rings. The van der Waals surface area contributed by atoms with Crippen molar-refractivity contribution in [3.8, 4) is 11.6 Å². The van der Waals surface area contributed by atoms with Crippen LogP contribution >= 0.6 is 0 Å². The number of carbonyl (C=O) groups is 1. The Bertz CT molecular complexity index is 802. The van der Waals surface area contributed by atoms with Gasteiger partial charge in [-0.1, -0.05) is 23.4 Å². The molecule has 23 heavy (non-hydrogen) atoms. The van der Waals surface area contributed by atoms with Gasteiger partial charge in [0.2, 0.25) is 5.88 Å². The van der Waals surface area contributed by atoms with E-state index in [9.17, 15) is 4.79 Å². The molecule has 116 valence electrons. The molecule has 7 nitrogen and oxygen atoms in total. The summed E-state index contributed by atoms with van der Waals surface area (Å²) in [4.78, 5) is 20.2. The van der Waals surface area contributed by atoms with Crippen molar-refractivity contribution in [2.45, 2.75) is 13.5 Å². The topological polar surface area (TPSA) is 87.3 Å². The Kier molecular flexibility index (Phi) is 4.28. The van der Waals surface area contributed by atoms with Gasteiger partial charge < -0.3 is 14.0 Å². The Morgan fingerprint density at radius 2 is 2.00 bits per heavy atom. The minimum absolute atomic E-state index is 0.112. The summed E-state index contributed by atoms with van der Waals surface area (Å²) in [6, 6.07) is 12.3. The molecule has 1 aromatic carbocycles. The Labute approximate surface area is 131 Å². The van der Waals surface area contributed by atoms with E-state index in [-0.39, 0.29) is 23.9 Å². The van der Waals surface area contributed by atoms with Crippen LogP contribution in [-0.2, 0) is 11.3 Å². The molecule has 2 aromatic heterocycles. The van der Waals surface area contributed by atoms with Gasteiger partial charge in [0.1, 0.15) is 11.3 Å². The van der Waals surface area contributed by atoms with Crippen LogP contribution in [0.25, 0.3) is 0 Å². The average molecular weight is 311 g/mol. The summed E-state index contributed by atoms with van der Waals surface area (Å²) in [6.07, 6.45) is 1.54. The number of ether oxygens (including phenoxy) is 2. The standard InChI is InChI=1S/C16H13N3O4/c1-11-18-14(23-19-11)10-21-16(20)13-8-5-9-17-15(13)22-12-6-3-2-4-7-12/h2-9H,10H2,1H3. The number of benzene rings is 1. The Hall–Kier alpha value is -3.22. The van der Waals surface area contributed by atoms with Crippen LogP contribution in [-0.4, -0.2) is 21.1 Å². The quantitative estimate of drug-likeness (QED) is 0.669. The van der Waals surface area contributed by atoms with Gasteiger partial charge in [0.25, 0.3) is 5.89 Å². The molecule has 0 aliphatic heterocycles. The number of aryl methyl sites for hydroxylation is 1. The number of esters is 1. The second kappa shape index (κ2) is 6.69. The fourth-order valence-electron chi connectivity index (χ4n) is 1.83. The fraction of sp³-hybridized carbons (Fsp3) is 0.125. The van der Waals surface area contributed by atoms with Crippen LogP contribution in [0.3, 0.4) is 0 Å². The fourth-order valence-corrected chi connectivity index (χ4v) is 1.83. The lowest BCUT2D eigenvalue weighted by atomic mass is 10.2. The summed E-state index contributed by atoms with van der Waals surface area (Å²) in [6.45, 7) is 1.57. The number of nitrogens with zero attached hydrogens (tertiary/aromatic N) is 3. The molecule has 2 heterocycles. The van der Waals surface area contributed by atoms with Gasteiger partial charge in [0.15, 0.2) is 12.4 Å². The van der Waals surface area contributed by atoms with E-state index in [0.29, 0.717) is 11.6 Å². The maximum absolute atomic E-state index is 12.2. The molecular weight excluding hydrogens is 298 g/mol. The third-order valence-electron chi connectivity index (χ3n) is 2.85. The Morgan fingerprint density at radius 1 is 1.17 bits per heavy atom. The highest BCUT2D eigenvalue weighted by atomic mass is 16.6. The van der Waals surface area contributed by atoms with Crippen molar-refractivity contribution in [1.29, 1.82) is 0 Å². The minimum atomic E-state index is -0.583. The van der Waals surface area contributed by atoms with Crippen molar-refractivity contribution < 1.29 is 18.8 Å². The molecule has 3 aromatic rings. The summed E-state index contributed by atoms with van der Waals surface area (Å²) in [5.74, 6) is 0.869. The molecule has 3 rings (SSSR count). The second-order valence-corrected chi connectivity index (χ2v) is 4.58. The third-order valence-corrected chi connectivity index (χ3v) is 2.85. The number of pyridine rings is 1. The van der Waals surface area contributed by atoms with Gasteiger partial charge in [0, 0.05) is 6.20 Å². The van der Waals surface area contributed by atoms with Crippen molar-refractivity contribution in [1.82, 2.24) is 15.1 Å². The van der Waals surface area contributed by atoms with Crippen molar-refractivity contribution in [2.24, 2.45) is 0 Å². The van der Waals surface area contributed by atoms with E-state index in [0.717, 1.165) is 0 Å². The number of para-hydroxylation sites is 1. The minimum Gasteiger partial charge on any atom is -0.452 e. The summed E-state index contributed by atoms with van der Waals surface area (Å²) < 4.78 is 15.7. The van der Waals surface area contributed by atoms with Crippen molar-refractivity contribution >= 4 is 5.97 Å². The van der Waals surface area contributed by atoms with Gasteiger partial charge in [-0.2, -0.15) is 4.98 Å². The molecule has 0 N–H and O–H groups in total. The van der Waals surface area contributed by atoms with E-state index < -0.39 is 5.97 Å². The summed E-state index contributed by atoms with van der Waals surface area (Å²) >= 11 is 0. The third kappa shape index (κ3) is 3.70. The van der Waals surface area contributed by atoms with Crippen LogP contribution in [0, 0.1) is 6.92 Å². The molecule has 0 atom stereocenters. The first-order chi connectivity index (χ1) is 11.2. The molecule has 0 aliphatic carbocycles. The molecule has 0 aliphatic rings. The highest BCUT2D eigenvalue weighted by Gasteiger charge is 2.17. The van der Waals surface area contributed by atoms with Gasteiger partial charge in [-0.05, 0) is 31.2 Å². The zero-order chi connectivity index (χ0) is 16.1. The molecule has 0 radical (unpaired) electrons. The number of aromatic nitrogens is 3. The van der Waals surface area contributed by atoms with Gasteiger partial charge in [0.05, 0.1) is 0 Å². The number of hydrogen-bond acceptors (Lipinski definition) is 7. The van der Waals surface area contributed by atoms with Crippen molar-refractivity contribution in [3.63, 3.8) is 0 Å². The normalized spacial score (nSPS) is 10.3. The maximum Gasteiger partial charge on any atom is 0.344 e. The highest BCUT2D eigenvalue weighted by Crippen LogP contribution is 2.23. The first-order valence-corrected chi connectivity index (χ1v) is 6.86. The van der Waals surface area contributed by atoms with Crippen molar-refractivity contribution in [2.75, 3.05) is 0 Å². The molecular formula is C16H13N3O4. The molecule has 0 amide bonds. The van der Waals surface area contributed by atoms with Gasteiger partial charge in [-0.3, -0.25) is 0 Å². The van der Waals surface area contributed by atoms with Crippen LogP contribution in [0.15, 0.2) is 53.2 Å². The molecule has 0 spiro atoms. The number of hydrogen-bond donors (Lipinski definition) is 0. The van der Waals surface area contributed by atoms with Gasteiger partial charge >= 0.3 is 5.97 Å². The van der Waals surface area contributed by atoms with E-state index in [1.807, 2.05) is 18.2 Å². The lowest BCUT2D eigenvalue weighted by molar-refractivity contribution is 0.0426. The van der Waals surface area contributed by atoms with Crippen LogP contribution in [0.5, 0.6) is 11.6 Å². The number of carbonyl (C=O) groups excluding carboxylic acids is 1. The predicted molar refractivity (Wildman–Crippen MR) is 78.9 cm³/mol. The number of rotatable bonds is 5. The summed E-state index contributed by atoms with van der Waals surface area (Å²) in [5, 5.41) is 3.63. The SMILES string of the molecule is Cc1noc(COC(=O)c2cccnc2Oc2ccccc2)n1. The van der Waals surface area contributed by atoms with E-state index >= 15 is 0 Å². The predicted octanol–water partition coefficient (Wildman–Crippen LogP) is 2.92. The van der Waals surface area contributed by atoms with E-state index in [2.05, 4.69) is 15.1 Å². The van der Waals surface area contributed by atoms with Gasteiger partial charge in [-0.25, -0.2) is 9.78 Å². The average Bonchev–Trinajstić information content (AvgIpc) is 3.00. The second-order valence-electron chi connectivity index (χ2n) is 4.58. The summed E-state index contributed by atoms with van der Waals surface area (Å²) in [5.41, 5.74) is 0.215. The lowest BCUT2D eigenvalue weighted by Crippen LogP contribution is -2.08. The first-order valence-electron chi connectivity index (χ1n) is 6.86. The Morgan fingerprint density at radius 3 is 2.74 bits per heavy atom. The van der Waals surface area contributed by atoms with E-state index in [1.54, 1.807) is 31.2 Å². The van der Waals surface area contributed by atoms with Crippen LogP contribution in [0.4, 0.5) is 0 Å². The molecule has 0 saturated heterocycles. The van der Waals surface area contributed by atoms with Crippen LogP contribution in [0.2, 0.25) is 0 Å². The van der Waals surface area contributed by atoms with Crippen molar-refractivity contribution in [3.05, 3.63) is 65.9 Å². The van der Waals surface area contributed by atoms with Crippen LogP contribution < -0.4 is 4.74 Å². The maximum atomic E-state index is 12.2. The Balaban J connectivity index is 1.72. The largest absolute Gasteiger partial charge is 0.452 e. The zero-order valence-corrected chi connectivity index (χ0v) is 12.3. The highest BCUT2D eigenvalue weighted by molar-refractivity contribution is 5.91. The first kappa shape index (κ1) is 14.7. The van der Waals surface area contributed by atoms with E-state index in [4.69, 9.17) is 14.0 Å². The zero-order valence-electron chi connectivity index (χ0n) is 12.3.